The summed E-state index contributed by atoms with van der Waals surface area (Å²) in [6.07, 6.45) is 0.0733. The highest BCUT2D eigenvalue weighted by Crippen LogP contribution is 2.55. The molecule has 3 aliphatic heterocycles. The van der Waals surface area contributed by atoms with Gasteiger partial charge in [0.1, 0.15) is 11.9 Å². The molecule has 180 valence electrons. The molecule has 0 unspecified atom stereocenters. The van der Waals surface area contributed by atoms with Gasteiger partial charge in [0.2, 0.25) is 0 Å². The van der Waals surface area contributed by atoms with Crippen molar-refractivity contribution in [2.24, 2.45) is 4.99 Å². The Kier molecular flexibility index (Phi) is 6.34. The van der Waals surface area contributed by atoms with E-state index in [4.69, 9.17) is 14.2 Å². The third-order valence-electron chi connectivity index (χ3n) is 6.26. The molecule has 11 nitrogen and oxygen atoms in total. The van der Waals surface area contributed by atoms with Gasteiger partial charge in [0.05, 0.1) is 38.4 Å². The molecule has 1 spiro atoms. The first-order valence-corrected chi connectivity index (χ1v) is 11.5. The third kappa shape index (κ3) is 3.35. The van der Waals surface area contributed by atoms with Crippen molar-refractivity contribution in [1.82, 2.24) is 10.2 Å². The van der Waals surface area contributed by atoms with Crippen LogP contribution in [0.5, 0.6) is 0 Å². The van der Waals surface area contributed by atoms with Gasteiger partial charge in [-0.05, 0) is 18.1 Å². The lowest BCUT2D eigenvalue weighted by Gasteiger charge is -2.36. The second-order valence-corrected chi connectivity index (χ2v) is 8.60. The van der Waals surface area contributed by atoms with Gasteiger partial charge in [-0.15, -0.1) is 0 Å². The van der Waals surface area contributed by atoms with Gasteiger partial charge >= 0.3 is 23.9 Å². The summed E-state index contributed by atoms with van der Waals surface area (Å²) >= 11 is 3.26. The lowest BCUT2D eigenvalue weighted by Crippen LogP contribution is -2.54. The number of esters is 3. The molecule has 3 heterocycles. The number of rotatable bonds is 5. The summed E-state index contributed by atoms with van der Waals surface area (Å²) in [4.78, 5) is 57.5. The van der Waals surface area contributed by atoms with Gasteiger partial charge in [0.15, 0.2) is 5.70 Å². The molecule has 4 rings (SSSR count). The zero-order valence-corrected chi connectivity index (χ0v) is 20.3. The summed E-state index contributed by atoms with van der Waals surface area (Å²) in [7, 11) is 3.59. The van der Waals surface area contributed by atoms with E-state index in [0.717, 1.165) is 12.7 Å². The van der Waals surface area contributed by atoms with Gasteiger partial charge in [0, 0.05) is 17.6 Å². The highest BCUT2D eigenvalue weighted by Gasteiger charge is 2.66. The number of methoxy groups -OCH3 is 3. The van der Waals surface area contributed by atoms with Crippen molar-refractivity contribution in [3.8, 4) is 0 Å². The molecule has 1 aromatic carbocycles. The van der Waals surface area contributed by atoms with E-state index in [1.54, 1.807) is 0 Å². The number of hydrogen-bond donors (Lipinski definition) is 2. The average molecular weight is 535 g/mol. The maximum atomic E-state index is 13.3. The zero-order chi connectivity index (χ0) is 24.6. The van der Waals surface area contributed by atoms with Crippen molar-refractivity contribution in [3.05, 3.63) is 41.1 Å². The Bertz CT molecular complexity index is 1130. The number of carbonyl (C=O) groups is 4. The van der Waals surface area contributed by atoms with E-state index < -0.39 is 41.4 Å². The van der Waals surface area contributed by atoms with Crippen LogP contribution < -0.4 is 10.6 Å². The van der Waals surface area contributed by atoms with Gasteiger partial charge in [-0.3, -0.25) is 4.90 Å². The Morgan fingerprint density at radius 2 is 1.85 bits per heavy atom. The van der Waals surface area contributed by atoms with Crippen LogP contribution in [0.3, 0.4) is 0 Å². The molecule has 2 amide bonds. The highest BCUT2D eigenvalue weighted by atomic mass is 79.9. The van der Waals surface area contributed by atoms with Crippen LogP contribution in [0.25, 0.3) is 0 Å². The van der Waals surface area contributed by atoms with Crippen molar-refractivity contribution in [3.63, 3.8) is 0 Å². The van der Waals surface area contributed by atoms with Crippen LogP contribution in [0, 0.1) is 0 Å². The van der Waals surface area contributed by atoms with Crippen molar-refractivity contribution >= 4 is 51.4 Å². The van der Waals surface area contributed by atoms with Crippen molar-refractivity contribution < 1.29 is 33.4 Å². The van der Waals surface area contributed by atoms with Crippen LogP contribution in [-0.2, 0) is 34.0 Å². The van der Waals surface area contributed by atoms with Crippen LogP contribution in [-0.4, -0.2) is 80.0 Å². The molecule has 2 N–H and O–H groups in total. The Morgan fingerprint density at radius 1 is 1.15 bits per heavy atom. The summed E-state index contributed by atoms with van der Waals surface area (Å²) in [5.41, 5.74) is -0.0510. The Morgan fingerprint density at radius 3 is 2.50 bits per heavy atom. The van der Waals surface area contributed by atoms with E-state index in [-0.39, 0.29) is 30.1 Å². The van der Waals surface area contributed by atoms with E-state index in [9.17, 15) is 19.2 Å². The molecule has 12 heteroatoms. The number of carbonyl (C=O) groups excluding carboxylic acids is 4. The van der Waals surface area contributed by atoms with Crippen LogP contribution >= 0.6 is 15.9 Å². The number of nitrogens with zero attached hydrogens (tertiary/aromatic N) is 2. The molecule has 1 saturated heterocycles. The first-order valence-electron chi connectivity index (χ1n) is 10.4. The number of alkyl halides is 1. The lowest BCUT2D eigenvalue weighted by atomic mass is 9.69. The first kappa shape index (κ1) is 23.7. The monoisotopic (exact) mass is 534 g/mol. The number of amides is 2. The van der Waals surface area contributed by atoms with E-state index in [2.05, 4.69) is 31.6 Å². The fourth-order valence-corrected chi connectivity index (χ4v) is 5.11. The highest BCUT2D eigenvalue weighted by molar-refractivity contribution is 9.09. The summed E-state index contributed by atoms with van der Waals surface area (Å²) in [5.74, 6) is -2.15. The Hall–Kier alpha value is -3.41. The molecule has 0 saturated carbocycles. The van der Waals surface area contributed by atoms with Crippen LogP contribution in [0.2, 0.25) is 0 Å². The van der Waals surface area contributed by atoms with Crippen LogP contribution in [0.15, 0.2) is 40.5 Å². The first-order chi connectivity index (χ1) is 16.3. The second kappa shape index (κ2) is 9.09. The van der Waals surface area contributed by atoms with Crippen LogP contribution in [0.1, 0.15) is 12.0 Å². The molecule has 0 aliphatic carbocycles. The molecule has 3 aliphatic rings. The number of halogens is 1. The lowest BCUT2D eigenvalue weighted by molar-refractivity contribution is -0.144. The fourth-order valence-electron chi connectivity index (χ4n) is 4.91. The molecule has 1 fully saturated rings. The number of urea groups is 1. The number of fused-ring (bicyclic) bond motifs is 1. The molecule has 0 radical (unpaired) electrons. The number of para-hydroxylation sites is 1. The fraction of sp³-hybridized carbons (Fsp3) is 0.409. The number of hydrogen-bond acceptors (Lipinski definition) is 9. The van der Waals surface area contributed by atoms with E-state index in [0.29, 0.717) is 11.0 Å². The van der Waals surface area contributed by atoms with Gasteiger partial charge in [-0.1, -0.05) is 34.1 Å². The SMILES string of the molecule is COC(=O)C1=C(C(=O)OC)[C@@H]2Nc3ccccc3[C@@]23C[C@@H](C(=O)OC)N(C(=O)NCCBr)C3=N1. The smallest absolute Gasteiger partial charge is 0.357 e. The number of nitrogens with one attached hydrogen (secondary N) is 2. The quantitative estimate of drug-likeness (QED) is 0.325. The normalized spacial score (nSPS) is 24.2. The minimum Gasteiger partial charge on any atom is -0.467 e. The van der Waals surface area contributed by atoms with E-state index in [1.807, 2.05) is 24.3 Å². The predicted octanol–water partition coefficient (Wildman–Crippen LogP) is 1.08. The van der Waals surface area contributed by atoms with Crippen molar-refractivity contribution in [2.45, 2.75) is 23.9 Å². The number of amidine groups is 1. The summed E-state index contributed by atoms with van der Waals surface area (Å²) in [6, 6.07) is 4.79. The second-order valence-electron chi connectivity index (χ2n) is 7.81. The largest absolute Gasteiger partial charge is 0.467 e. The van der Waals surface area contributed by atoms with E-state index >= 15 is 0 Å². The topological polar surface area (TPSA) is 136 Å². The van der Waals surface area contributed by atoms with E-state index in [1.165, 1.54) is 19.1 Å². The summed E-state index contributed by atoms with van der Waals surface area (Å²) < 4.78 is 14.9. The number of likely N-dealkylation sites (tertiary alicyclic amines) is 1. The minimum absolute atomic E-state index is 0.0411. The Labute approximate surface area is 203 Å². The minimum atomic E-state index is -1.12. The van der Waals surface area contributed by atoms with Gasteiger partial charge in [0.25, 0.3) is 0 Å². The molecular weight excluding hydrogens is 512 g/mol. The third-order valence-corrected chi connectivity index (χ3v) is 6.66. The number of ether oxygens (including phenoxy) is 3. The van der Waals surface area contributed by atoms with Gasteiger partial charge in [-0.2, -0.15) is 0 Å². The standard InChI is InChI=1S/C22H23BrN4O7/c1-32-17(28)13-10-22-11-6-4-5-7-12(11)25-16(22)14(18(29)33-2)15(19(30)34-3)26-20(22)27(13)21(31)24-9-8-23/h4-7,13,16,25H,8-10H2,1-3H3,(H,24,31)/t13-,16-,22-/m0/s1. The molecule has 3 atom stereocenters. The molecule has 34 heavy (non-hydrogen) atoms. The van der Waals surface area contributed by atoms with Gasteiger partial charge in [-0.25, -0.2) is 24.2 Å². The maximum absolute atomic E-state index is 13.3. The Balaban J connectivity index is 2.01. The zero-order valence-electron chi connectivity index (χ0n) is 18.7. The molecule has 0 aromatic heterocycles. The van der Waals surface area contributed by atoms with Gasteiger partial charge < -0.3 is 24.8 Å². The summed E-state index contributed by atoms with van der Waals surface area (Å²) in [5, 5.41) is 6.50. The number of anilines is 1. The molecule has 1 aromatic rings. The van der Waals surface area contributed by atoms with Crippen molar-refractivity contribution in [1.29, 1.82) is 0 Å². The van der Waals surface area contributed by atoms with Crippen molar-refractivity contribution in [2.75, 3.05) is 38.5 Å². The molecule has 0 bridgehead atoms. The number of benzene rings is 1. The molecular formula is C22H23BrN4O7. The average Bonchev–Trinajstić information content (AvgIpc) is 3.38. The number of aliphatic imine (C=N–C) groups is 1. The summed E-state index contributed by atoms with van der Waals surface area (Å²) in [6.45, 7) is 0.287. The maximum Gasteiger partial charge on any atom is 0.357 e. The predicted molar refractivity (Wildman–Crippen MR) is 123 cm³/mol. The van der Waals surface area contributed by atoms with Crippen LogP contribution in [0.4, 0.5) is 10.5 Å².